The third-order valence-corrected chi connectivity index (χ3v) is 5.22. The van der Waals surface area contributed by atoms with Gasteiger partial charge < -0.3 is 10.1 Å². The first-order chi connectivity index (χ1) is 14.4. The lowest BCUT2D eigenvalue weighted by atomic mass is 9.92. The van der Waals surface area contributed by atoms with Gasteiger partial charge in [-0.3, -0.25) is 9.59 Å². The Balaban J connectivity index is 1.66. The van der Waals surface area contributed by atoms with Crippen molar-refractivity contribution >= 4 is 28.3 Å². The molecule has 3 aromatic carbocycles. The Morgan fingerprint density at radius 2 is 1.43 bits per heavy atom. The van der Waals surface area contributed by atoms with Crippen LogP contribution in [0.1, 0.15) is 56.2 Å². The van der Waals surface area contributed by atoms with E-state index in [-0.39, 0.29) is 30.8 Å². The van der Waals surface area contributed by atoms with E-state index in [4.69, 9.17) is 4.74 Å². The van der Waals surface area contributed by atoms with Gasteiger partial charge >= 0.3 is 5.97 Å². The highest BCUT2D eigenvalue weighted by atomic mass is 16.5. The number of esters is 1. The number of nitrogens with one attached hydrogen (secondary N) is 1. The maximum atomic E-state index is 12.5. The van der Waals surface area contributed by atoms with E-state index in [2.05, 4.69) is 33.0 Å². The van der Waals surface area contributed by atoms with E-state index >= 15 is 0 Å². The van der Waals surface area contributed by atoms with Crippen molar-refractivity contribution in [3.8, 4) is 0 Å². The number of fused-ring (bicyclic) bond motifs is 1. The Bertz CT molecular complexity index is 1020. The summed E-state index contributed by atoms with van der Waals surface area (Å²) in [4.78, 5) is 24.9. The number of benzene rings is 3. The van der Waals surface area contributed by atoms with Gasteiger partial charge in [0.15, 0.2) is 6.61 Å². The normalized spacial score (nSPS) is 11.1. The molecule has 0 aliphatic heterocycles. The summed E-state index contributed by atoms with van der Waals surface area (Å²) in [5, 5.41) is 5.07. The van der Waals surface area contributed by atoms with Crippen molar-refractivity contribution in [2.24, 2.45) is 0 Å². The number of rotatable bonds is 7. The standard InChI is InChI=1S/C26H29NO3/c1-17(2)21-13-8-14-22(18(3)4)26(21)27-24(28)16-30-25(29)15-20-11-7-10-19-9-5-6-12-23(19)20/h5-14,17-18H,15-16H2,1-4H3,(H,27,28). The molecule has 3 rings (SSSR count). The van der Waals surface area contributed by atoms with E-state index in [0.717, 1.165) is 33.2 Å². The van der Waals surface area contributed by atoms with Gasteiger partial charge in [0, 0.05) is 5.69 Å². The van der Waals surface area contributed by atoms with Crippen LogP contribution in [0, 0.1) is 0 Å². The monoisotopic (exact) mass is 403 g/mol. The van der Waals surface area contributed by atoms with Gasteiger partial charge in [-0.05, 0) is 39.3 Å². The molecule has 156 valence electrons. The van der Waals surface area contributed by atoms with Crippen molar-refractivity contribution in [2.75, 3.05) is 11.9 Å². The van der Waals surface area contributed by atoms with Crippen LogP contribution < -0.4 is 5.32 Å². The molecule has 4 heteroatoms. The summed E-state index contributed by atoms with van der Waals surface area (Å²) < 4.78 is 5.28. The van der Waals surface area contributed by atoms with Crippen LogP contribution in [0.15, 0.2) is 60.7 Å². The van der Waals surface area contributed by atoms with Gasteiger partial charge in [-0.1, -0.05) is 88.4 Å². The van der Waals surface area contributed by atoms with Gasteiger partial charge in [0.25, 0.3) is 5.91 Å². The van der Waals surface area contributed by atoms with Gasteiger partial charge in [0.2, 0.25) is 0 Å². The fourth-order valence-electron chi connectivity index (χ4n) is 3.67. The first kappa shape index (κ1) is 21.6. The third-order valence-electron chi connectivity index (χ3n) is 5.22. The van der Waals surface area contributed by atoms with Gasteiger partial charge in [0.05, 0.1) is 6.42 Å². The zero-order valence-electron chi connectivity index (χ0n) is 18.1. The van der Waals surface area contributed by atoms with Crippen LogP contribution in [-0.2, 0) is 20.7 Å². The molecule has 0 spiro atoms. The molecular weight excluding hydrogens is 374 g/mol. The molecule has 0 saturated carbocycles. The largest absolute Gasteiger partial charge is 0.455 e. The SMILES string of the molecule is CC(C)c1cccc(C(C)C)c1NC(=O)COC(=O)Cc1cccc2ccccc12. The molecule has 3 aromatic rings. The molecule has 1 N–H and O–H groups in total. The van der Waals surface area contributed by atoms with Crippen molar-refractivity contribution < 1.29 is 14.3 Å². The molecule has 0 radical (unpaired) electrons. The summed E-state index contributed by atoms with van der Waals surface area (Å²) in [7, 11) is 0. The second-order valence-corrected chi connectivity index (χ2v) is 8.14. The van der Waals surface area contributed by atoms with Gasteiger partial charge in [-0.15, -0.1) is 0 Å². The number of hydrogen-bond acceptors (Lipinski definition) is 3. The van der Waals surface area contributed by atoms with Crippen LogP contribution in [0.2, 0.25) is 0 Å². The Morgan fingerprint density at radius 1 is 0.833 bits per heavy atom. The molecular formula is C26H29NO3. The molecule has 0 atom stereocenters. The van der Waals surface area contributed by atoms with E-state index in [1.54, 1.807) is 0 Å². The van der Waals surface area contributed by atoms with Crippen LogP contribution in [-0.4, -0.2) is 18.5 Å². The van der Waals surface area contributed by atoms with Crippen LogP contribution in [0.25, 0.3) is 10.8 Å². The molecule has 0 aliphatic carbocycles. The van der Waals surface area contributed by atoms with E-state index in [1.807, 2.05) is 60.7 Å². The summed E-state index contributed by atoms with van der Waals surface area (Å²) in [6.45, 7) is 8.09. The molecule has 4 nitrogen and oxygen atoms in total. The fraction of sp³-hybridized carbons (Fsp3) is 0.308. The maximum Gasteiger partial charge on any atom is 0.310 e. The second kappa shape index (κ2) is 9.57. The highest BCUT2D eigenvalue weighted by Gasteiger charge is 2.17. The Labute approximate surface area is 178 Å². The average Bonchev–Trinajstić information content (AvgIpc) is 2.72. The number of amides is 1. The van der Waals surface area contributed by atoms with Crippen LogP contribution in [0.3, 0.4) is 0 Å². The van der Waals surface area contributed by atoms with Crippen molar-refractivity contribution in [3.05, 3.63) is 77.4 Å². The molecule has 0 saturated heterocycles. The second-order valence-electron chi connectivity index (χ2n) is 8.14. The first-order valence-corrected chi connectivity index (χ1v) is 10.4. The molecule has 0 aliphatic rings. The van der Waals surface area contributed by atoms with Crippen molar-refractivity contribution in [1.82, 2.24) is 0 Å². The predicted octanol–water partition coefficient (Wildman–Crippen LogP) is 5.81. The molecule has 0 aromatic heterocycles. The number of ether oxygens (including phenoxy) is 1. The lowest BCUT2D eigenvalue weighted by Crippen LogP contribution is -2.23. The molecule has 30 heavy (non-hydrogen) atoms. The topological polar surface area (TPSA) is 55.4 Å². The molecule has 1 amide bonds. The molecule has 0 unspecified atom stereocenters. The average molecular weight is 404 g/mol. The summed E-state index contributed by atoms with van der Waals surface area (Å²) in [6.07, 6.45) is 0.133. The highest BCUT2D eigenvalue weighted by molar-refractivity contribution is 5.95. The lowest BCUT2D eigenvalue weighted by Gasteiger charge is -2.20. The quantitative estimate of drug-likeness (QED) is 0.506. The number of hydrogen-bond donors (Lipinski definition) is 1. The number of anilines is 1. The first-order valence-electron chi connectivity index (χ1n) is 10.4. The summed E-state index contributed by atoms with van der Waals surface area (Å²) in [5.74, 6) is -0.195. The fourth-order valence-corrected chi connectivity index (χ4v) is 3.67. The third kappa shape index (κ3) is 5.07. The minimum Gasteiger partial charge on any atom is -0.455 e. The van der Waals surface area contributed by atoms with Crippen LogP contribution in [0.5, 0.6) is 0 Å². The smallest absolute Gasteiger partial charge is 0.310 e. The molecule has 0 fully saturated rings. The van der Waals surface area contributed by atoms with Crippen molar-refractivity contribution in [1.29, 1.82) is 0 Å². The van der Waals surface area contributed by atoms with Crippen molar-refractivity contribution in [2.45, 2.75) is 46.0 Å². The van der Waals surface area contributed by atoms with E-state index in [0.29, 0.717) is 0 Å². The van der Waals surface area contributed by atoms with Crippen molar-refractivity contribution in [3.63, 3.8) is 0 Å². The number of carbonyl (C=O) groups excluding carboxylic acids is 2. The molecule has 0 bridgehead atoms. The Morgan fingerprint density at radius 3 is 2.10 bits per heavy atom. The predicted molar refractivity (Wildman–Crippen MR) is 122 cm³/mol. The van der Waals surface area contributed by atoms with E-state index < -0.39 is 5.97 Å². The zero-order chi connectivity index (χ0) is 21.7. The number of carbonyl (C=O) groups is 2. The van der Waals surface area contributed by atoms with E-state index in [9.17, 15) is 9.59 Å². The van der Waals surface area contributed by atoms with Crippen LogP contribution in [0.4, 0.5) is 5.69 Å². The summed E-state index contributed by atoms with van der Waals surface area (Å²) >= 11 is 0. The van der Waals surface area contributed by atoms with E-state index in [1.165, 1.54) is 0 Å². The van der Waals surface area contributed by atoms with Gasteiger partial charge in [0.1, 0.15) is 0 Å². The number of para-hydroxylation sites is 1. The molecule has 0 heterocycles. The minimum atomic E-state index is -0.414. The van der Waals surface area contributed by atoms with Gasteiger partial charge in [-0.2, -0.15) is 0 Å². The summed E-state index contributed by atoms with van der Waals surface area (Å²) in [5.41, 5.74) is 3.89. The highest BCUT2D eigenvalue weighted by Crippen LogP contribution is 2.32. The zero-order valence-corrected chi connectivity index (χ0v) is 18.1. The van der Waals surface area contributed by atoms with Gasteiger partial charge in [-0.25, -0.2) is 0 Å². The Kier molecular flexibility index (Phi) is 6.88. The maximum absolute atomic E-state index is 12.5. The summed E-state index contributed by atoms with van der Waals surface area (Å²) in [6, 6.07) is 19.8. The van der Waals surface area contributed by atoms with Crippen LogP contribution >= 0.6 is 0 Å². The minimum absolute atomic E-state index is 0.133. The lowest BCUT2D eigenvalue weighted by molar-refractivity contribution is -0.146. The Hall–Kier alpha value is -3.14.